The molecule has 0 saturated heterocycles. The Balaban J connectivity index is 2.00. The summed E-state index contributed by atoms with van der Waals surface area (Å²) >= 11 is 11.8. The molecule has 0 aliphatic heterocycles. The minimum Gasteiger partial charge on any atom is -0.381 e. The van der Waals surface area contributed by atoms with Gasteiger partial charge in [0.2, 0.25) is 0 Å². The van der Waals surface area contributed by atoms with Gasteiger partial charge < -0.3 is 10.6 Å². The molecule has 2 rings (SSSR count). The molecule has 1 amide bonds. The van der Waals surface area contributed by atoms with Crippen LogP contribution in [0.15, 0.2) is 42.5 Å². The fourth-order valence-electron chi connectivity index (χ4n) is 1.73. The first-order valence-electron chi connectivity index (χ1n) is 6.10. The number of hydrogen-bond acceptors (Lipinski definition) is 2. The van der Waals surface area contributed by atoms with Crippen LogP contribution in [0.5, 0.6) is 0 Å². The second-order valence-electron chi connectivity index (χ2n) is 4.26. The summed E-state index contributed by atoms with van der Waals surface area (Å²) in [6.07, 6.45) is 0. The molecule has 5 heteroatoms. The molecule has 0 aliphatic rings. The Labute approximate surface area is 127 Å². The van der Waals surface area contributed by atoms with E-state index in [4.69, 9.17) is 23.2 Å². The van der Waals surface area contributed by atoms with Gasteiger partial charge in [-0.2, -0.15) is 0 Å². The first-order chi connectivity index (χ1) is 9.60. The SMILES string of the molecule is CNC(=O)c1ccc(CNc2ccc(Cl)c(Cl)c2)cc1. The lowest BCUT2D eigenvalue weighted by molar-refractivity contribution is 0.0963. The fourth-order valence-corrected chi connectivity index (χ4v) is 2.03. The predicted octanol–water partition coefficient (Wildman–Crippen LogP) is 3.97. The van der Waals surface area contributed by atoms with Gasteiger partial charge in [0.25, 0.3) is 5.91 Å². The number of nitrogens with one attached hydrogen (secondary N) is 2. The molecule has 0 heterocycles. The normalized spacial score (nSPS) is 10.2. The van der Waals surface area contributed by atoms with Crippen LogP contribution >= 0.6 is 23.2 Å². The monoisotopic (exact) mass is 308 g/mol. The van der Waals surface area contributed by atoms with Crippen LogP contribution in [0.2, 0.25) is 10.0 Å². The van der Waals surface area contributed by atoms with E-state index in [9.17, 15) is 4.79 Å². The van der Waals surface area contributed by atoms with Crippen LogP contribution in [0, 0.1) is 0 Å². The van der Waals surface area contributed by atoms with E-state index in [0.29, 0.717) is 22.2 Å². The van der Waals surface area contributed by atoms with Gasteiger partial charge in [-0.3, -0.25) is 4.79 Å². The third-order valence-electron chi connectivity index (χ3n) is 2.86. The van der Waals surface area contributed by atoms with E-state index in [1.807, 2.05) is 18.2 Å². The van der Waals surface area contributed by atoms with Crippen LogP contribution in [-0.4, -0.2) is 13.0 Å². The highest BCUT2D eigenvalue weighted by Crippen LogP contribution is 2.25. The van der Waals surface area contributed by atoms with E-state index in [-0.39, 0.29) is 5.91 Å². The number of anilines is 1. The molecule has 3 nitrogen and oxygen atoms in total. The van der Waals surface area contributed by atoms with Crippen LogP contribution in [-0.2, 0) is 6.54 Å². The molecule has 2 aromatic carbocycles. The summed E-state index contributed by atoms with van der Waals surface area (Å²) in [6.45, 7) is 0.645. The zero-order valence-corrected chi connectivity index (χ0v) is 12.4. The van der Waals surface area contributed by atoms with E-state index in [0.717, 1.165) is 11.3 Å². The first kappa shape index (κ1) is 14.7. The molecule has 0 spiro atoms. The second kappa shape index (κ2) is 6.64. The molecular weight excluding hydrogens is 295 g/mol. The lowest BCUT2D eigenvalue weighted by atomic mass is 10.1. The van der Waals surface area contributed by atoms with Crippen LogP contribution in [0.3, 0.4) is 0 Å². The van der Waals surface area contributed by atoms with E-state index in [1.54, 1.807) is 31.3 Å². The van der Waals surface area contributed by atoms with Crippen LogP contribution in [0.4, 0.5) is 5.69 Å². The van der Waals surface area contributed by atoms with Gasteiger partial charge in [-0.05, 0) is 35.9 Å². The smallest absolute Gasteiger partial charge is 0.251 e. The van der Waals surface area contributed by atoms with Gasteiger partial charge in [0, 0.05) is 24.8 Å². The first-order valence-corrected chi connectivity index (χ1v) is 6.85. The van der Waals surface area contributed by atoms with Crippen LogP contribution in [0.25, 0.3) is 0 Å². The topological polar surface area (TPSA) is 41.1 Å². The second-order valence-corrected chi connectivity index (χ2v) is 5.07. The van der Waals surface area contributed by atoms with E-state index < -0.39 is 0 Å². The van der Waals surface area contributed by atoms with Crippen molar-refractivity contribution in [1.29, 1.82) is 0 Å². The van der Waals surface area contributed by atoms with Gasteiger partial charge >= 0.3 is 0 Å². The van der Waals surface area contributed by atoms with Gasteiger partial charge in [-0.1, -0.05) is 35.3 Å². The minimum absolute atomic E-state index is 0.0889. The maximum Gasteiger partial charge on any atom is 0.251 e. The summed E-state index contributed by atoms with van der Waals surface area (Å²) < 4.78 is 0. The lowest BCUT2D eigenvalue weighted by Gasteiger charge is -2.08. The highest BCUT2D eigenvalue weighted by atomic mass is 35.5. The zero-order chi connectivity index (χ0) is 14.5. The zero-order valence-electron chi connectivity index (χ0n) is 10.9. The van der Waals surface area contributed by atoms with Crippen molar-refractivity contribution in [3.8, 4) is 0 Å². The van der Waals surface area contributed by atoms with Crippen molar-refractivity contribution in [1.82, 2.24) is 5.32 Å². The summed E-state index contributed by atoms with van der Waals surface area (Å²) in [5.74, 6) is -0.0889. The Bertz CT molecular complexity index is 612. The number of hydrogen-bond donors (Lipinski definition) is 2. The molecule has 2 N–H and O–H groups in total. The maximum absolute atomic E-state index is 11.4. The molecule has 0 saturated carbocycles. The number of carbonyl (C=O) groups is 1. The summed E-state index contributed by atoms with van der Waals surface area (Å²) in [7, 11) is 1.61. The molecule has 0 radical (unpaired) electrons. The van der Waals surface area contributed by atoms with Crippen molar-refractivity contribution in [3.63, 3.8) is 0 Å². The quantitative estimate of drug-likeness (QED) is 0.897. The Hall–Kier alpha value is -1.71. The molecule has 0 unspecified atom stereocenters. The van der Waals surface area contributed by atoms with Crippen LogP contribution in [0.1, 0.15) is 15.9 Å². The molecule has 0 bridgehead atoms. The van der Waals surface area contributed by atoms with Gasteiger partial charge in [0.15, 0.2) is 0 Å². The van der Waals surface area contributed by atoms with Crippen molar-refractivity contribution in [3.05, 3.63) is 63.6 Å². The molecule has 0 aromatic heterocycles. The molecule has 2 aromatic rings. The summed E-state index contributed by atoms with van der Waals surface area (Å²) in [5, 5.41) is 6.89. The van der Waals surface area contributed by atoms with Crippen molar-refractivity contribution < 1.29 is 4.79 Å². The Kier molecular flexibility index (Phi) is 4.88. The predicted molar refractivity (Wildman–Crippen MR) is 83.6 cm³/mol. The number of rotatable bonds is 4. The Morgan fingerprint density at radius 1 is 1.05 bits per heavy atom. The third kappa shape index (κ3) is 3.65. The molecule has 0 fully saturated rings. The van der Waals surface area contributed by atoms with Gasteiger partial charge in [0.1, 0.15) is 0 Å². The van der Waals surface area contributed by atoms with Crippen molar-refractivity contribution in [2.45, 2.75) is 6.54 Å². The summed E-state index contributed by atoms with van der Waals surface area (Å²) in [6, 6.07) is 12.8. The van der Waals surface area contributed by atoms with E-state index in [1.165, 1.54) is 0 Å². The third-order valence-corrected chi connectivity index (χ3v) is 3.60. The molecular formula is C15H14Cl2N2O. The average Bonchev–Trinajstić information content (AvgIpc) is 2.48. The van der Waals surface area contributed by atoms with Gasteiger partial charge in [0.05, 0.1) is 10.0 Å². The molecule has 0 aliphatic carbocycles. The molecule has 104 valence electrons. The standard InChI is InChI=1S/C15H14Cl2N2O/c1-18-15(20)11-4-2-10(3-5-11)9-19-12-6-7-13(16)14(17)8-12/h2-8,19H,9H2,1H3,(H,18,20). The van der Waals surface area contributed by atoms with Gasteiger partial charge in [-0.25, -0.2) is 0 Å². The minimum atomic E-state index is -0.0889. The molecule has 0 atom stereocenters. The number of carbonyl (C=O) groups excluding carboxylic acids is 1. The van der Waals surface area contributed by atoms with Crippen molar-refractivity contribution in [2.75, 3.05) is 12.4 Å². The van der Waals surface area contributed by atoms with Crippen LogP contribution < -0.4 is 10.6 Å². The lowest BCUT2D eigenvalue weighted by Crippen LogP contribution is -2.17. The summed E-state index contributed by atoms with van der Waals surface area (Å²) in [4.78, 5) is 11.4. The van der Waals surface area contributed by atoms with Crippen molar-refractivity contribution >= 4 is 34.8 Å². The number of benzene rings is 2. The van der Waals surface area contributed by atoms with Gasteiger partial charge in [-0.15, -0.1) is 0 Å². The van der Waals surface area contributed by atoms with E-state index >= 15 is 0 Å². The highest BCUT2D eigenvalue weighted by Gasteiger charge is 2.03. The number of halogens is 2. The molecule has 20 heavy (non-hydrogen) atoms. The van der Waals surface area contributed by atoms with Crippen molar-refractivity contribution in [2.24, 2.45) is 0 Å². The average molecular weight is 309 g/mol. The highest BCUT2D eigenvalue weighted by molar-refractivity contribution is 6.42. The van der Waals surface area contributed by atoms with E-state index in [2.05, 4.69) is 10.6 Å². The fraction of sp³-hybridized carbons (Fsp3) is 0.133. The number of amides is 1. The Morgan fingerprint density at radius 3 is 2.35 bits per heavy atom. The maximum atomic E-state index is 11.4. The largest absolute Gasteiger partial charge is 0.381 e. The summed E-state index contributed by atoms with van der Waals surface area (Å²) in [5.41, 5.74) is 2.62. The Morgan fingerprint density at radius 2 is 1.75 bits per heavy atom.